The van der Waals surface area contributed by atoms with E-state index in [2.05, 4.69) is 10.9 Å². The molecule has 2 aliphatic heterocycles. The van der Waals surface area contributed by atoms with Gasteiger partial charge >= 0.3 is 0 Å². The fourth-order valence-corrected chi connectivity index (χ4v) is 1.92. The zero-order chi connectivity index (χ0) is 12.3. The summed E-state index contributed by atoms with van der Waals surface area (Å²) in [5, 5.41) is 0. The summed E-state index contributed by atoms with van der Waals surface area (Å²) in [6, 6.07) is 0. The number of hydrogen-bond acceptors (Lipinski definition) is 4. The fourth-order valence-electron chi connectivity index (χ4n) is 1.92. The number of carbonyl (C=O) groups is 3. The molecule has 0 aromatic rings. The summed E-state index contributed by atoms with van der Waals surface area (Å²) in [5.41, 5.74) is 4.48. The number of hydrazine groups is 1. The van der Waals surface area contributed by atoms with E-state index in [1.54, 1.807) is 4.90 Å². The Kier molecular flexibility index (Phi) is 3.58. The van der Waals surface area contributed by atoms with E-state index in [-0.39, 0.29) is 30.6 Å². The van der Waals surface area contributed by atoms with Crippen molar-refractivity contribution < 1.29 is 19.1 Å². The van der Waals surface area contributed by atoms with Gasteiger partial charge in [0.2, 0.25) is 5.91 Å². The second-order valence-electron chi connectivity index (χ2n) is 4.06. The first-order valence-corrected chi connectivity index (χ1v) is 5.63. The van der Waals surface area contributed by atoms with Gasteiger partial charge in [0.1, 0.15) is 5.92 Å². The molecule has 7 nitrogen and oxygen atoms in total. The highest BCUT2D eigenvalue weighted by atomic mass is 16.5. The first-order valence-electron chi connectivity index (χ1n) is 5.63. The van der Waals surface area contributed by atoms with Crippen LogP contribution < -0.4 is 10.9 Å². The average molecular weight is 241 g/mol. The smallest absolute Gasteiger partial charge is 0.251 e. The lowest BCUT2D eigenvalue weighted by molar-refractivity contribution is -0.136. The molecule has 2 aliphatic rings. The Morgan fingerprint density at radius 3 is 2.41 bits per heavy atom. The van der Waals surface area contributed by atoms with Gasteiger partial charge in [-0.2, -0.15) is 0 Å². The van der Waals surface area contributed by atoms with Crippen molar-refractivity contribution in [1.82, 2.24) is 15.8 Å². The maximum absolute atomic E-state index is 11.8. The predicted molar refractivity (Wildman–Crippen MR) is 56.4 cm³/mol. The van der Waals surface area contributed by atoms with Gasteiger partial charge in [-0.25, -0.2) is 0 Å². The van der Waals surface area contributed by atoms with Crippen LogP contribution in [0.3, 0.4) is 0 Å². The molecule has 2 fully saturated rings. The zero-order valence-electron chi connectivity index (χ0n) is 9.40. The molecular formula is C10H15N3O4. The first-order chi connectivity index (χ1) is 8.18. The van der Waals surface area contributed by atoms with Gasteiger partial charge in [-0.05, 0) is 6.42 Å². The minimum absolute atomic E-state index is 0.0270. The van der Waals surface area contributed by atoms with Crippen LogP contribution in [0, 0.1) is 5.92 Å². The van der Waals surface area contributed by atoms with Crippen LogP contribution in [0.2, 0.25) is 0 Å². The largest absolute Gasteiger partial charge is 0.378 e. The van der Waals surface area contributed by atoms with Crippen LogP contribution in [0.15, 0.2) is 0 Å². The summed E-state index contributed by atoms with van der Waals surface area (Å²) in [7, 11) is 0. The molecule has 2 heterocycles. The molecule has 7 heteroatoms. The van der Waals surface area contributed by atoms with Crippen molar-refractivity contribution in [3.8, 4) is 0 Å². The van der Waals surface area contributed by atoms with E-state index >= 15 is 0 Å². The third kappa shape index (κ3) is 2.73. The Hall–Kier alpha value is -1.63. The van der Waals surface area contributed by atoms with Gasteiger partial charge in [0.05, 0.1) is 13.2 Å². The average Bonchev–Trinajstić information content (AvgIpc) is 2.67. The monoisotopic (exact) mass is 241 g/mol. The van der Waals surface area contributed by atoms with Crippen LogP contribution in [0.1, 0.15) is 12.8 Å². The molecule has 94 valence electrons. The molecule has 0 bridgehead atoms. The minimum Gasteiger partial charge on any atom is -0.378 e. The van der Waals surface area contributed by atoms with Crippen LogP contribution in [0.4, 0.5) is 0 Å². The molecule has 0 aliphatic carbocycles. The van der Waals surface area contributed by atoms with Gasteiger partial charge in [-0.15, -0.1) is 0 Å². The molecule has 3 amide bonds. The number of hydrogen-bond donors (Lipinski definition) is 2. The summed E-state index contributed by atoms with van der Waals surface area (Å²) >= 11 is 0. The number of amides is 3. The van der Waals surface area contributed by atoms with Gasteiger partial charge < -0.3 is 9.64 Å². The predicted octanol–water partition coefficient (Wildman–Crippen LogP) is -1.60. The topological polar surface area (TPSA) is 87.7 Å². The molecule has 0 atom stereocenters. The molecule has 0 aromatic heterocycles. The van der Waals surface area contributed by atoms with Crippen LogP contribution in [-0.2, 0) is 19.1 Å². The highest BCUT2D eigenvalue weighted by Crippen LogP contribution is 2.12. The molecule has 0 aromatic carbocycles. The maximum Gasteiger partial charge on any atom is 0.251 e. The first kappa shape index (κ1) is 11.8. The lowest BCUT2D eigenvalue weighted by Gasteiger charge is -2.27. The molecule has 0 saturated carbocycles. The number of carbonyl (C=O) groups excluding carboxylic acids is 3. The quantitative estimate of drug-likeness (QED) is 0.583. The van der Waals surface area contributed by atoms with Gasteiger partial charge in [0, 0.05) is 19.5 Å². The van der Waals surface area contributed by atoms with E-state index in [9.17, 15) is 14.4 Å². The van der Waals surface area contributed by atoms with E-state index in [1.807, 2.05) is 0 Å². The zero-order valence-corrected chi connectivity index (χ0v) is 9.40. The molecule has 0 unspecified atom stereocenters. The number of nitrogens with one attached hydrogen (secondary N) is 2. The normalized spacial score (nSPS) is 21.3. The molecule has 2 rings (SSSR count). The van der Waals surface area contributed by atoms with E-state index < -0.39 is 5.92 Å². The molecule has 17 heavy (non-hydrogen) atoms. The molecule has 0 radical (unpaired) electrons. The minimum atomic E-state index is -0.736. The number of morpholine rings is 1. The summed E-state index contributed by atoms with van der Waals surface area (Å²) in [6.45, 7) is 2.27. The molecule has 2 N–H and O–H groups in total. The molecule has 0 spiro atoms. The Balaban J connectivity index is 1.79. The van der Waals surface area contributed by atoms with E-state index in [4.69, 9.17) is 4.74 Å². The van der Waals surface area contributed by atoms with Crippen molar-refractivity contribution in [3.05, 3.63) is 0 Å². The second kappa shape index (κ2) is 5.13. The third-order valence-corrected chi connectivity index (χ3v) is 2.95. The van der Waals surface area contributed by atoms with Crippen molar-refractivity contribution in [3.63, 3.8) is 0 Å². The van der Waals surface area contributed by atoms with Crippen LogP contribution in [0.25, 0.3) is 0 Å². The number of rotatable bonds is 3. The Morgan fingerprint density at radius 1 is 1.24 bits per heavy atom. The van der Waals surface area contributed by atoms with Crippen molar-refractivity contribution in [2.75, 3.05) is 26.3 Å². The summed E-state index contributed by atoms with van der Waals surface area (Å²) in [5.74, 6) is -1.48. The van der Waals surface area contributed by atoms with E-state index in [0.717, 1.165) is 0 Å². The molecular weight excluding hydrogens is 226 g/mol. The van der Waals surface area contributed by atoms with Gasteiger partial charge in [0.25, 0.3) is 11.8 Å². The maximum atomic E-state index is 11.8. The number of nitrogens with zero attached hydrogens (tertiary/aromatic N) is 1. The third-order valence-electron chi connectivity index (χ3n) is 2.95. The van der Waals surface area contributed by atoms with Crippen molar-refractivity contribution in [2.45, 2.75) is 12.8 Å². The summed E-state index contributed by atoms with van der Waals surface area (Å²) in [6.07, 6.45) is 0.472. The lowest BCUT2D eigenvalue weighted by atomic mass is 10.0. The fraction of sp³-hybridized carbons (Fsp3) is 0.700. The Labute approximate surface area is 98.4 Å². The number of ether oxygens (including phenoxy) is 1. The van der Waals surface area contributed by atoms with E-state index in [1.165, 1.54) is 0 Å². The van der Waals surface area contributed by atoms with Crippen LogP contribution in [0.5, 0.6) is 0 Å². The van der Waals surface area contributed by atoms with Gasteiger partial charge in [-0.1, -0.05) is 0 Å². The summed E-state index contributed by atoms with van der Waals surface area (Å²) in [4.78, 5) is 35.9. The lowest BCUT2D eigenvalue weighted by Crippen LogP contribution is -2.41. The Bertz CT molecular complexity index is 322. The Morgan fingerprint density at radius 2 is 1.82 bits per heavy atom. The van der Waals surface area contributed by atoms with Gasteiger partial charge in [-0.3, -0.25) is 25.2 Å². The second-order valence-corrected chi connectivity index (χ2v) is 4.06. The van der Waals surface area contributed by atoms with Crippen LogP contribution >= 0.6 is 0 Å². The van der Waals surface area contributed by atoms with Crippen molar-refractivity contribution in [1.29, 1.82) is 0 Å². The van der Waals surface area contributed by atoms with Crippen LogP contribution in [-0.4, -0.2) is 48.9 Å². The van der Waals surface area contributed by atoms with Crippen molar-refractivity contribution in [2.24, 2.45) is 5.92 Å². The molecule has 2 saturated heterocycles. The van der Waals surface area contributed by atoms with Gasteiger partial charge in [0.15, 0.2) is 0 Å². The highest BCUT2D eigenvalue weighted by molar-refractivity contribution is 6.05. The standard InChI is InChI=1S/C10H15N3O4/c14-8(13-3-5-17-6-4-13)2-1-7-9(15)11-12-10(7)16/h7H,1-6H2,(H,11,15)(H,12,16). The SMILES string of the molecule is O=C1NNC(=O)C1CCC(=O)N1CCOCC1. The van der Waals surface area contributed by atoms with Crippen molar-refractivity contribution >= 4 is 17.7 Å². The highest BCUT2D eigenvalue weighted by Gasteiger charge is 2.33. The summed E-state index contributed by atoms with van der Waals surface area (Å²) < 4.78 is 5.14. The van der Waals surface area contributed by atoms with E-state index in [0.29, 0.717) is 26.3 Å².